The number of esters is 2. The van der Waals surface area contributed by atoms with E-state index in [0.717, 1.165) is 163 Å². The van der Waals surface area contributed by atoms with Crippen molar-refractivity contribution in [1.82, 2.24) is 25.8 Å². The number of nitrogens with one attached hydrogen (secondary N) is 3. The van der Waals surface area contributed by atoms with Gasteiger partial charge in [0.2, 0.25) is 0 Å². The number of fused-ring (bicyclic) bond motifs is 21. The average molecular weight is 1930 g/mol. The first-order valence-corrected chi connectivity index (χ1v) is 58.8. The first-order valence-electron chi connectivity index (χ1n) is 58.8. The standard InChI is InChI=1S/C40H66N2O5.C38H62N2O5.C27H45NO2.C12H23NO2.Li.H2O/c1-6-45-35(43)13-10-22-42(30-11-8-7-9-12-30)37(44)41-29-17-19-38(4)28(23-29)14-15-31-32(38)18-20-39(5)33(31)24-34-36(39)27(3)40(47-34)21-16-26(2)25-46-40;1-24-14-19-38(44-23-24)25(2)34-32(45-38)22-31-29-13-12-26-21-27(15-17-36(26,3)30(29)16-18-37(31,34)4)39-35(43)40(20-8-11-33(41)42)28-9-6-5-7-10-28;1-16-7-12-27(29-15-16)17(2)24-23(30-27)14-22-20-6-5-18-13-19(28)8-10-25(18,3)21(20)9-11-26(22,24)4;1-2-15-12(14)9-6-10-13-11-7-4-3-5-8-11;;/h26-34,36H,6-25H2,1-5H3,(H,41,44);24-32,34H,5-23H2,1-4H3,(H,39,43)(H,41,42);16-24H,5-15,28H2,1-4H3;11,13H,2-10H2,1H3;;1H2/q;;;;+1;/p-1/t26-,27-,28+,29+,31+,32-,33-,34-,36-,38-,39-,40+;24-,25-,26+,27+,29+,30-,31-,32-,34-,36-,37-,38+;16-,17-,18+,19+,20+,21-,22-,23-,24-,25-,26-,27+;;;/m000.../s1. The second-order valence-electron chi connectivity index (χ2n) is 53.0. The second kappa shape index (κ2) is 45.2. The van der Waals surface area contributed by atoms with Gasteiger partial charge in [-0.1, -0.05) is 141 Å². The van der Waals surface area contributed by atoms with E-state index in [1.807, 2.05) is 18.7 Å². The normalized spacial score (nSPS) is 46.5. The first kappa shape index (κ1) is 109. The largest absolute Gasteiger partial charge is 1.00 e. The van der Waals surface area contributed by atoms with Crippen molar-refractivity contribution in [3.8, 4) is 0 Å². The van der Waals surface area contributed by atoms with E-state index in [4.69, 9.17) is 43.6 Å². The fourth-order valence-electron chi connectivity index (χ4n) is 38.4. The van der Waals surface area contributed by atoms with Crippen molar-refractivity contribution in [2.24, 2.45) is 162 Å². The molecule has 0 unspecified atom stereocenters. The van der Waals surface area contributed by atoms with Gasteiger partial charge in [0.1, 0.15) is 0 Å². The number of carbonyl (C=O) groups excluding carboxylic acids is 4. The molecular formula is C117H197LiN6O15. The minimum atomic E-state index is -0.774. The summed E-state index contributed by atoms with van der Waals surface area (Å²) in [5.41, 5.74) is 8.87. The van der Waals surface area contributed by atoms with E-state index >= 15 is 0 Å². The summed E-state index contributed by atoms with van der Waals surface area (Å²) in [6.07, 6.45) is 60.4. The van der Waals surface area contributed by atoms with Crippen LogP contribution >= 0.6 is 0 Å². The molecule has 15 saturated carbocycles. The molecule has 786 valence electrons. The van der Waals surface area contributed by atoms with Crippen molar-refractivity contribution in [1.29, 1.82) is 0 Å². The molecule has 6 aliphatic heterocycles. The Morgan fingerprint density at radius 1 is 0.374 bits per heavy atom. The number of carbonyl (C=O) groups is 5. The molecule has 3 spiro atoms. The number of carboxylic acids is 1. The number of urea groups is 2. The van der Waals surface area contributed by atoms with Gasteiger partial charge in [0.15, 0.2) is 17.4 Å². The predicted octanol–water partition coefficient (Wildman–Crippen LogP) is 21.3. The van der Waals surface area contributed by atoms with Gasteiger partial charge >= 0.3 is 48.8 Å². The van der Waals surface area contributed by atoms with Crippen molar-refractivity contribution in [3.05, 3.63) is 0 Å². The minimum absolute atomic E-state index is 0. The van der Waals surface area contributed by atoms with Gasteiger partial charge in [-0.25, -0.2) is 9.59 Å². The maximum absolute atomic E-state index is 13.9. The molecule has 0 aromatic rings. The molecule has 36 atom stereocenters. The summed E-state index contributed by atoms with van der Waals surface area (Å²) in [5.74, 6) is 13.2. The van der Waals surface area contributed by atoms with E-state index in [2.05, 4.69) is 104 Å². The van der Waals surface area contributed by atoms with E-state index in [1.54, 1.807) is 0 Å². The van der Waals surface area contributed by atoms with Crippen molar-refractivity contribution in [2.75, 3.05) is 52.7 Å². The molecule has 0 radical (unpaired) electrons. The van der Waals surface area contributed by atoms with Crippen LogP contribution in [0.1, 0.15) is 424 Å². The molecule has 21 rings (SSSR count). The zero-order valence-electron chi connectivity index (χ0n) is 90.2. The van der Waals surface area contributed by atoms with Gasteiger partial charge < -0.3 is 80.0 Å². The molecule has 15 aliphatic carbocycles. The van der Waals surface area contributed by atoms with E-state index in [1.165, 1.54) is 218 Å². The number of hydrogen-bond donors (Lipinski definition) is 5. The van der Waals surface area contributed by atoms with Crippen LogP contribution in [0.5, 0.6) is 0 Å². The van der Waals surface area contributed by atoms with Crippen molar-refractivity contribution in [3.63, 3.8) is 0 Å². The average Bonchev–Trinajstić information content (AvgIpc) is 1.54. The topological polar surface area (TPSA) is 278 Å². The monoisotopic (exact) mass is 1930 g/mol. The second-order valence-corrected chi connectivity index (χ2v) is 53.0. The summed E-state index contributed by atoms with van der Waals surface area (Å²) in [5, 5.41) is 19.8. The number of nitrogens with two attached hydrogens (primary N) is 1. The maximum Gasteiger partial charge on any atom is 1.00 e. The molecule has 0 bridgehead atoms. The van der Waals surface area contributed by atoms with E-state index in [-0.39, 0.29) is 90.2 Å². The number of hydrogen-bond acceptors (Lipinski definition) is 16. The Balaban J connectivity index is 0.000000141. The summed E-state index contributed by atoms with van der Waals surface area (Å²) < 4.78 is 50.5. The van der Waals surface area contributed by atoms with Gasteiger partial charge in [-0.05, 0) is 391 Å². The number of carboxylic acid groups (broad SMARTS) is 1. The number of nitrogens with zero attached hydrogens (tertiary/aromatic N) is 2. The van der Waals surface area contributed by atoms with Gasteiger partial charge in [0, 0.05) is 106 Å². The van der Waals surface area contributed by atoms with E-state index in [9.17, 15) is 29.1 Å². The van der Waals surface area contributed by atoms with Crippen molar-refractivity contribution < 1.29 is 91.3 Å². The van der Waals surface area contributed by atoms with Gasteiger partial charge in [0.05, 0.1) is 51.3 Å². The van der Waals surface area contributed by atoms with Gasteiger partial charge in [-0.3, -0.25) is 14.4 Å². The molecule has 139 heavy (non-hydrogen) atoms. The van der Waals surface area contributed by atoms with Crippen LogP contribution in [0.4, 0.5) is 9.59 Å². The van der Waals surface area contributed by atoms with Crippen molar-refractivity contribution in [2.45, 2.75) is 496 Å². The van der Waals surface area contributed by atoms with Gasteiger partial charge in [-0.15, -0.1) is 0 Å². The summed E-state index contributed by atoms with van der Waals surface area (Å²) in [7, 11) is 0. The van der Waals surface area contributed by atoms with Crippen LogP contribution in [0.25, 0.3) is 0 Å². The Morgan fingerprint density at radius 2 is 0.712 bits per heavy atom. The summed E-state index contributed by atoms with van der Waals surface area (Å²) >= 11 is 0. The zero-order chi connectivity index (χ0) is 96.4. The molecule has 0 aromatic heterocycles. The Labute approximate surface area is 853 Å². The third-order valence-corrected chi connectivity index (χ3v) is 45.8. The molecule has 0 aromatic carbocycles. The fourth-order valence-corrected chi connectivity index (χ4v) is 38.4. The summed E-state index contributed by atoms with van der Waals surface area (Å²) in [6, 6.07) is 2.38. The van der Waals surface area contributed by atoms with E-state index < -0.39 is 5.97 Å². The zero-order valence-corrected chi connectivity index (χ0v) is 90.2. The molecule has 7 N–H and O–H groups in total. The van der Waals surface area contributed by atoms with Crippen LogP contribution in [0.15, 0.2) is 0 Å². The first-order chi connectivity index (χ1) is 65.7. The van der Waals surface area contributed by atoms with Crippen LogP contribution in [0.2, 0.25) is 0 Å². The van der Waals surface area contributed by atoms with Crippen LogP contribution in [0, 0.1) is 157 Å². The Kier molecular flexibility index (Phi) is 35.4. The Hall–Kier alpha value is -2.81. The number of amides is 4. The molecule has 21 fully saturated rings. The van der Waals surface area contributed by atoms with Crippen LogP contribution in [-0.2, 0) is 52.3 Å². The van der Waals surface area contributed by atoms with Crippen LogP contribution in [0.3, 0.4) is 0 Å². The molecule has 6 saturated heterocycles. The van der Waals surface area contributed by atoms with Crippen LogP contribution < -0.4 is 40.5 Å². The third-order valence-electron chi connectivity index (χ3n) is 45.8. The number of ether oxygens (including phenoxy) is 8. The van der Waals surface area contributed by atoms with Gasteiger partial charge in [-0.2, -0.15) is 0 Å². The predicted molar refractivity (Wildman–Crippen MR) is 540 cm³/mol. The maximum atomic E-state index is 13.9. The fraction of sp³-hybridized carbons (Fsp3) is 0.957. The summed E-state index contributed by atoms with van der Waals surface area (Å²) in [6.45, 7) is 39.5. The molecule has 6 heterocycles. The third kappa shape index (κ3) is 21.5. The summed E-state index contributed by atoms with van der Waals surface area (Å²) in [4.78, 5) is 65.9. The van der Waals surface area contributed by atoms with Crippen molar-refractivity contribution >= 4 is 30.0 Å². The van der Waals surface area contributed by atoms with E-state index in [0.29, 0.717) is 186 Å². The molecular weight excluding hydrogens is 1740 g/mol. The molecule has 21 aliphatic rings. The number of aliphatic carboxylic acids is 1. The molecule has 4 amide bonds. The smallest absolute Gasteiger partial charge is 0.870 e. The van der Waals surface area contributed by atoms with Crippen LogP contribution in [-0.4, -0.2) is 175 Å². The SMILES string of the molecule is CCOC(=O)CCCN(C(=O)N[C@@H]1CC[C@@]2(C)[C@H](CC[C@@H]3[C@@H]2CC[C@]2(C)[C@@H]4[C@H](C[C@@H]32)O[C@]2(CC[C@H](C)CO2)[C@H]4C)C1)C1CCCCC1.CCOC(=O)CCCNC1CCCCC1.C[C@H]1CC[C@@]2(OC1)O[C@H]1C[C@H]3[C@@H]4CC[C@@H]5C[C@H](N)CC[C@]5(C)[C@H]4CC[C@]3(C)[C@H]1[C@@H]2C.C[C@H]1CC[C@@]2(OC1)O[C@H]1C[C@H]3[C@@H]4CC[C@@H]5C[C@H](NC(=O)N(CCCC(=O)O)C6CCCCC6)CC[C@]5(C)[C@H]4CC[C@]3(C)[C@H]1[C@@H]2C.[Li+].[OH-]. The minimum Gasteiger partial charge on any atom is -0.870 e. The quantitative estimate of drug-likeness (QED) is 0.0456. The van der Waals surface area contributed by atoms with Gasteiger partial charge in [0.25, 0.3) is 0 Å². The Bertz CT molecular complexity index is 4030. The Morgan fingerprint density at radius 3 is 1.06 bits per heavy atom. The molecule has 21 nitrogen and oxygen atoms in total. The molecule has 22 heteroatoms. The number of rotatable bonds is 19.